The van der Waals surface area contributed by atoms with E-state index in [1.807, 2.05) is 31.2 Å². The Bertz CT molecular complexity index is 1230. The van der Waals surface area contributed by atoms with E-state index in [2.05, 4.69) is 15.3 Å². The maximum atomic E-state index is 12.3. The van der Waals surface area contributed by atoms with Gasteiger partial charge in [0, 0.05) is 29.1 Å². The fourth-order valence-electron chi connectivity index (χ4n) is 3.05. The van der Waals surface area contributed by atoms with Crippen molar-refractivity contribution in [2.45, 2.75) is 13.3 Å². The molecule has 0 aliphatic rings. The summed E-state index contributed by atoms with van der Waals surface area (Å²) in [7, 11) is 0. The van der Waals surface area contributed by atoms with Gasteiger partial charge in [-0.05, 0) is 30.3 Å². The van der Waals surface area contributed by atoms with E-state index in [0.29, 0.717) is 16.6 Å². The normalized spacial score (nSPS) is 11.4. The lowest BCUT2D eigenvalue weighted by molar-refractivity contribution is -0.111. The molecule has 0 fully saturated rings. The second-order valence-electron chi connectivity index (χ2n) is 6.07. The molecule has 0 spiro atoms. The highest BCUT2D eigenvalue weighted by molar-refractivity contribution is 6.04. The third kappa shape index (κ3) is 3.25. The van der Waals surface area contributed by atoms with E-state index in [1.165, 1.54) is 12.4 Å². The third-order valence-corrected chi connectivity index (χ3v) is 4.34. The number of benzene rings is 2. The number of amides is 1. The summed E-state index contributed by atoms with van der Waals surface area (Å²) in [5.74, 6) is 0.547. The Hall–Kier alpha value is -3.67. The van der Waals surface area contributed by atoms with Crippen LogP contribution in [0.2, 0.25) is 0 Å². The van der Waals surface area contributed by atoms with Gasteiger partial charge in [-0.3, -0.25) is 9.59 Å². The smallest absolute Gasteiger partial charge is 0.258 e. The molecule has 0 aliphatic carbocycles. The van der Waals surface area contributed by atoms with Crippen molar-refractivity contribution in [3.05, 3.63) is 76.5 Å². The van der Waals surface area contributed by atoms with Crippen LogP contribution in [-0.2, 0) is 11.2 Å². The molecule has 2 aromatic carbocycles. The molecule has 0 bridgehead atoms. The highest BCUT2D eigenvalue weighted by Gasteiger charge is 2.10. The van der Waals surface area contributed by atoms with Crippen LogP contribution in [-0.4, -0.2) is 15.9 Å². The molecule has 0 aliphatic heterocycles. The maximum Gasteiger partial charge on any atom is 0.258 e. The number of carbonyl (C=O) groups is 1. The number of furan rings is 1. The molecule has 2 heterocycles. The van der Waals surface area contributed by atoms with Gasteiger partial charge in [0.15, 0.2) is 0 Å². The number of nitrogens with one attached hydrogen (secondary N) is 2. The molecule has 0 atom stereocenters. The predicted molar refractivity (Wildman–Crippen MR) is 106 cm³/mol. The van der Waals surface area contributed by atoms with Gasteiger partial charge in [-0.1, -0.05) is 25.1 Å². The lowest BCUT2D eigenvalue weighted by Gasteiger charge is -2.03. The molecule has 27 heavy (non-hydrogen) atoms. The standard InChI is InChI=1S/C21H17N3O3/c1-2-18-15(14-5-3-4-6-19(14)27-18)8-10-20(25)24-13-7-9-17-16(11-13)21(26)23-12-22-17/h3-12H,2H2,1H3,(H,24,25)(H,22,23,26)/b10-8+. The third-order valence-electron chi connectivity index (χ3n) is 4.34. The Kier molecular flexibility index (Phi) is 4.30. The number of H-pyrrole nitrogens is 1. The number of rotatable bonds is 4. The molecule has 0 radical (unpaired) electrons. The van der Waals surface area contributed by atoms with E-state index < -0.39 is 0 Å². The summed E-state index contributed by atoms with van der Waals surface area (Å²) in [4.78, 5) is 30.8. The van der Waals surface area contributed by atoms with Gasteiger partial charge in [0.05, 0.1) is 17.2 Å². The van der Waals surface area contributed by atoms with Crippen LogP contribution in [0.15, 0.2) is 64.1 Å². The average Bonchev–Trinajstić information content (AvgIpc) is 3.05. The van der Waals surface area contributed by atoms with Crippen LogP contribution in [0.4, 0.5) is 5.69 Å². The van der Waals surface area contributed by atoms with Crippen molar-refractivity contribution in [2.24, 2.45) is 0 Å². The van der Waals surface area contributed by atoms with Gasteiger partial charge < -0.3 is 14.7 Å². The largest absolute Gasteiger partial charge is 0.460 e. The van der Waals surface area contributed by atoms with Gasteiger partial charge in [-0.25, -0.2) is 4.98 Å². The number of fused-ring (bicyclic) bond motifs is 2. The van der Waals surface area contributed by atoms with Crippen molar-refractivity contribution in [3.63, 3.8) is 0 Å². The summed E-state index contributed by atoms with van der Waals surface area (Å²) in [6, 6.07) is 12.8. The molecule has 4 aromatic rings. The summed E-state index contributed by atoms with van der Waals surface area (Å²) < 4.78 is 5.83. The maximum absolute atomic E-state index is 12.3. The first kappa shape index (κ1) is 16.8. The lowest BCUT2D eigenvalue weighted by Crippen LogP contribution is -2.10. The van der Waals surface area contributed by atoms with E-state index in [-0.39, 0.29) is 11.5 Å². The monoisotopic (exact) mass is 359 g/mol. The number of nitrogens with zero attached hydrogens (tertiary/aromatic N) is 1. The summed E-state index contributed by atoms with van der Waals surface area (Å²) in [5, 5.41) is 4.17. The molecular weight excluding hydrogens is 342 g/mol. The predicted octanol–water partition coefficient (Wildman–Crippen LogP) is 3.88. The van der Waals surface area contributed by atoms with Crippen LogP contribution in [0, 0.1) is 0 Å². The van der Waals surface area contributed by atoms with Crippen molar-refractivity contribution < 1.29 is 9.21 Å². The minimum absolute atomic E-state index is 0.246. The van der Waals surface area contributed by atoms with Crippen LogP contribution in [0.25, 0.3) is 27.9 Å². The number of carbonyl (C=O) groups excluding carboxylic acids is 1. The molecule has 0 saturated carbocycles. The average molecular weight is 359 g/mol. The van der Waals surface area contributed by atoms with Crippen LogP contribution in [0.3, 0.4) is 0 Å². The zero-order chi connectivity index (χ0) is 18.8. The molecule has 2 N–H and O–H groups in total. The number of para-hydroxylation sites is 1. The van der Waals surface area contributed by atoms with Crippen LogP contribution in [0.1, 0.15) is 18.2 Å². The molecular formula is C21H17N3O3. The first-order chi connectivity index (χ1) is 13.2. The number of anilines is 1. The number of hydrogen-bond acceptors (Lipinski definition) is 4. The molecule has 2 aromatic heterocycles. The molecule has 6 heteroatoms. The molecule has 0 unspecified atom stereocenters. The molecule has 134 valence electrons. The molecule has 0 saturated heterocycles. The zero-order valence-corrected chi connectivity index (χ0v) is 14.7. The van der Waals surface area contributed by atoms with Crippen molar-refractivity contribution in [2.75, 3.05) is 5.32 Å². The van der Waals surface area contributed by atoms with E-state index in [1.54, 1.807) is 24.3 Å². The summed E-state index contributed by atoms with van der Waals surface area (Å²) in [6.07, 6.45) is 5.31. The molecule has 4 rings (SSSR count). The van der Waals surface area contributed by atoms with E-state index in [9.17, 15) is 9.59 Å². The molecule has 6 nitrogen and oxygen atoms in total. The van der Waals surface area contributed by atoms with Gasteiger partial charge >= 0.3 is 0 Å². The van der Waals surface area contributed by atoms with Crippen LogP contribution in [0.5, 0.6) is 0 Å². The lowest BCUT2D eigenvalue weighted by atomic mass is 10.1. The topological polar surface area (TPSA) is 88.0 Å². The van der Waals surface area contributed by atoms with Gasteiger partial charge in [-0.15, -0.1) is 0 Å². The van der Waals surface area contributed by atoms with E-state index >= 15 is 0 Å². The van der Waals surface area contributed by atoms with Gasteiger partial charge in [-0.2, -0.15) is 0 Å². The number of hydrogen-bond donors (Lipinski definition) is 2. The first-order valence-corrected chi connectivity index (χ1v) is 8.62. The van der Waals surface area contributed by atoms with Crippen molar-refractivity contribution in [3.8, 4) is 0 Å². The minimum atomic E-state index is -0.290. The van der Waals surface area contributed by atoms with E-state index in [4.69, 9.17) is 4.42 Å². The van der Waals surface area contributed by atoms with Gasteiger partial charge in [0.1, 0.15) is 11.3 Å². The Balaban J connectivity index is 1.60. The quantitative estimate of drug-likeness (QED) is 0.541. The first-order valence-electron chi connectivity index (χ1n) is 8.62. The highest BCUT2D eigenvalue weighted by Crippen LogP contribution is 2.27. The number of aromatic amines is 1. The van der Waals surface area contributed by atoms with Gasteiger partial charge in [0.2, 0.25) is 5.91 Å². The van der Waals surface area contributed by atoms with Crippen LogP contribution < -0.4 is 10.9 Å². The number of aryl methyl sites for hydroxylation is 1. The fraction of sp³-hybridized carbons (Fsp3) is 0.0952. The number of aromatic nitrogens is 2. The summed E-state index contributed by atoms with van der Waals surface area (Å²) in [5.41, 5.74) is 2.57. The Morgan fingerprint density at radius 3 is 2.93 bits per heavy atom. The Morgan fingerprint density at radius 2 is 2.07 bits per heavy atom. The SMILES string of the molecule is CCc1oc2ccccc2c1/C=C/C(=O)Nc1ccc2nc[nH]c(=O)c2c1. The Morgan fingerprint density at radius 1 is 1.22 bits per heavy atom. The minimum Gasteiger partial charge on any atom is -0.460 e. The van der Waals surface area contributed by atoms with Crippen molar-refractivity contribution >= 4 is 39.5 Å². The highest BCUT2D eigenvalue weighted by atomic mass is 16.3. The van der Waals surface area contributed by atoms with E-state index in [0.717, 1.165) is 28.7 Å². The van der Waals surface area contributed by atoms with Gasteiger partial charge in [0.25, 0.3) is 5.56 Å². The zero-order valence-electron chi connectivity index (χ0n) is 14.7. The summed E-state index contributed by atoms with van der Waals surface area (Å²) in [6.45, 7) is 2.01. The second kappa shape index (κ2) is 6.92. The summed E-state index contributed by atoms with van der Waals surface area (Å²) >= 11 is 0. The fourth-order valence-corrected chi connectivity index (χ4v) is 3.05. The Labute approximate surface area is 154 Å². The van der Waals surface area contributed by atoms with Crippen molar-refractivity contribution in [1.29, 1.82) is 0 Å². The molecule has 1 amide bonds. The van der Waals surface area contributed by atoms with Crippen molar-refractivity contribution in [1.82, 2.24) is 9.97 Å². The van der Waals surface area contributed by atoms with Crippen LogP contribution >= 0.6 is 0 Å². The second-order valence-corrected chi connectivity index (χ2v) is 6.07.